The summed E-state index contributed by atoms with van der Waals surface area (Å²) in [5.74, 6) is 0.588. The molecule has 0 atom stereocenters. The molecular weight excluding hydrogens is 368 g/mol. The molecule has 29 heavy (non-hydrogen) atoms. The lowest BCUT2D eigenvalue weighted by atomic mass is 10.2. The topological polar surface area (TPSA) is 88.7 Å². The average Bonchev–Trinajstić information content (AvgIpc) is 2.76. The van der Waals surface area contributed by atoms with Crippen LogP contribution in [-0.4, -0.2) is 28.0 Å². The average molecular weight is 386 g/mol. The van der Waals surface area contributed by atoms with Gasteiger partial charge in [0, 0.05) is 5.56 Å². The summed E-state index contributed by atoms with van der Waals surface area (Å²) in [7, 11) is 1.48. The van der Waals surface area contributed by atoms with Crippen molar-refractivity contribution < 1.29 is 9.84 Å². The van der Waals surface area contributed by atoms with Crippen LogP contribution in [0.5, 0.6) is 11.5 Å². The summed E-state index contributed by atoms with van der Waals surface area (Å²) >= 11 is 0. The molecule has 2 N–H and O–H groups in total. The highest BCUT2D eigenvalue weighted by molar-refractivity contribution is 5.85. The van der Waals surface area contributed by atoms with Gasteiger partial charge >= 0.3 is 0 Å². The predicted octanol–water partition coefficient (Wildman–Crippen LogP) is 3.55. The zero-order valence-corrected chi connectivity index (χ0v) is 15.6. The van der Waals surface area contributed by atoms with Crippen LogP contribution in [0.3, 0.4) is 0 Å². The molecule has 0 radical (unpaired) electrons. The Balaban J connectivity index is 1.78. The van der Waals surface area contributed by atoms with E-state index in [0.717, 1.165) is 0 Å². The van der Waals surface area contributed by atoms with Crippen molar-refractivity contribution in [3.8, 4) is 17.2 Å². The fourth-order valence-corrected chi connectivity index (χ4v) is 2.99. The molecule has 0 aliphatic rings. The van der Waals surface area contributed by atoms with Crippen LogP contribution in [0.15, 0.2) is 82.7 Å². The Morgan fingerprint density at radius 2 is 1.79 bits per heavy atom. The Hall–Kier alpha value is -4.13. The molecule has 0 amide bonds. The van der Waals surface area contributed by atoms with Crippen molar-refractivity contribution in [2.24, 2.45) is 5.10 Å². The number of phenolic OH excluding ortho intramolecular Hbond substituents is 1. The van der Waals surface area contributed by atoms with Gasteiger partial charge in [-0.15, -0.1) is 0 Å². The highest BCUT2D eigenvalue weighted by atomic mass is 16.5. The fourth-order valence-electron chi connectivity index (χ4n) is 2.99. The third-order valence-corrected chi connectivity index (χ3v) is 4.41. The molecular formula is C22H18N4O3. The molecule has 4 aromatic rings. The Kier molecular flexibility index (Phi) is 4.94. The van der Waals surface area contributed by atoms with Crippen molar-refractivity contribution in [3.63, 3.8) is 0 Å². The van der Waals surface area contributed by atoms with Crippen molar-refractivity contribution in [2.75, 3.05) is 12.5 Å². The molecule has 0 aliphatic carbocycles. The minimum absolute atomic E-state index is 0.0209. The number of phenols is 1. The number of nitrogens with one attached hydrogen (secondary N) is 1. The summed E-state index contributed by atoms with van der Waals surface area (Å²) in [5, 5.41) is 14.9. The lowest BCUT2D eigenvalue weighted by Crippen LogP contribution is -2.22. The Labute approximate surface area is 166 Å². The summed E-state index contributed by atoms with van der Waals surface area (Å²) in [5.41, 5.74) is 4.31. The Morgan fingerprint density at radius 3 is 2.59 bits per heavy atom. The number of rotatable bonds is 5. The highest BCUT2D eigenvalue weighted by Crippen LogP contribution is 2.28. The molecule has 0 fully saturated rings. The van der Waals surface area contributed by atoms with Crippen LogP contribution in [0.25, 0.3) is 16.6 Å². The van der Waals surface area contributed by atoms with Gasteiger partial charge < -0.3 is 9.84 Å². The van der Waals surface area contributed by atoms with Crippen LogP contribution in [0.4, 0.5) is 5.95 Å². The summed E-state index contributed by atoms with van der Waals surface area (Å²) in [6.07, 6.45) is 1.44. The summed E-state index contributed by atoms with van der Waals surface area (Å²) in [4.78, 5) is 17.6. The second-order valence-electron chi connectivity index (χ2n) is 6.20. The number of para-hydroxylation sites is 3. The molecule has 144 valence electrons. The monoisotopic (exact) mass is 386 g/mol. The molecule has 1 aromatic heterocycles. The third-order valence-electron chi connectivity index (χ3n) is 4.41. The first-order valence-electron chi connectivity index (χ1n) is 8.91. The van der Waals surface area contributed by atoms with E-state index in [1.54, 1.807) is 36.4 Å². The molecule has 0 bridgehead atoms. The van der Waals surface area contributed by atoms with E-state index in [9.17, 15) is 9.90 Å². The maximum absolute atomic E-state index is 13.1. The summed E-state index contributed by atoms with van der Waals surface area (Å²) < 4.78 is 6.56. The van der Waals surface area contributed by atoms with Gasteiger partial charge in [-0.05, 0) is 36.4 Å². The van der Waals surface area contributed by atoms with Crippen LogP contribution in [0, 0.1) is 0 Å². The number of anilines is 1. The minimum Gasteiger partial charge on any atom is -0.504 e. The molecule has 3 aromatic carbocycles. The molecule has 0 aliphatic heterocycles. The number of aromatic nitrogens is 2. The van der Waals surface area contributed by atoms with Crippen molar-refractivity contribution >= 4 is 23.1 Å². The molecule has 4 rings (SSSR count). The smallest absolute Gasteiger partial charge is 0.267 e. The van der Waals surface area contributed by atoms with E-state index in [2.05, 4.69) is 15.5 Å². The van der Waals surface area contributed by atoms with E-state index < -0.39 is 0 Å². The van der Waals surface area contributed by atoms with Gasteiger partial charge in [-0.2, -0.15) is 5.10 Å². The van der Waals surface area contributed by atoms with Gasteiger partial charge in [-0.3, -0.25) is 4.79 Å². The van der Waals surface area contributed by atoms with Gasteiger partial charge in [0.05, 0.1) is 29.9 Å². The first kappa shape index (κ1) is 18.2. The SMILES string of the molecule is COc1cccc(/C=N/Nc2nc3ccccc3c(=O)n2-c2ccccc2)c1O. The van der Waals surface area contributed by atoms with E-state index in [0.29, 0.717) is 27.9 Å². The van der Waals surface area contributed by atoms with Crippen LogP contribution >= 0.6 is 0 Å². The number of hydrogen-bond acceptors (Lipinski definition) is 6. The maximum Gasteiger partial charge on any atom is 0.267 e. The maximum atomic E-state index is 13.1. The summed E-state index contributed by atoms with van der Waals surface area (Å²) in [6, 6.07) is 21.4. The van der Waals surface area contributed by atoms with E-state index in [4.69, 9.17) is 4.74 Å². The number of fused-ring (bicyclic) bond motifs is 1. The Bertz CT molecular complexity index is 1250. The predicted molar refractivity (Wildman–Crippen MR) is 113 cm³/mol. The van der Waals surface area contributed by atoms with Crippen molar-refractivity contribution in [1.82, 2.24) is 9.55 Å². The molecule has 0 spiro atoms. The normalized spacial score (nSPS) is 11.1. The largest absolute Gasteiger partial charge is 0.504 e. The number of hydrogen-bond donors (Lipinski definition) is 2. The summed E-state index contributed by atoms with van der Waals surface area (Å²) in [6.45, 7) is 0. The number of methoxy groups -OCH3 is 1. The van der Waals surface area contributed by atoms with Crippen molar-refractivity contribution in [3.05, 3.63) is 88.7 Å². The van der Waals surface area contributed by atoms with Gasteiger partial charge in [0.15, 0.2) is 11.5 Å². The standard InChI is InChI=1S/C22H18N4O3/c1-29-19-13-7-8-15(20(19)27)14-23-25-22-24-18-12-6-5-11-17(18)21(28)26(22)16-9-3-2-4-10-16/h2-14,27H,1H3,(H,24,25)/b23-14+. The van der Waals surface area contributed by atoms with Gasteiger partial charge in [0.1, 0.15) is 0 Å². The Morgan fingerprint density at radius 1 is 1.03 bits per heavy atom. The van der Waals surface area contributed by atoms with E-state index in [1.165, 1.54) is 17.9 Å². The van der Waals surface area contributed by atoms with Gasteiger partial charge in [-0.1, -0.05) is 36.4 Å². The number of ether oxygens (including phenoxy) is 1. The van der Waals surface area contributed by atoms with Crippen LogP contribution in [0.1, 0.15) is 5.56 Å². The molecule has 7 nitrogen and oxygen atoms in total. The zero-order chi connectivity index (χ0) is 20.2. The minimum atomic E-state index is -0.205. The molecule has 1 heterocycles. The van der Waals surface area contributed by atoms with Gasteiger partial charge in [-0.25, -0.2) is 15.0 Å². The zero-order valence-electron chi connectivity index (χ0n) is 15.6. The van der Waals surface area contributed by atoms with Crippen LogP contribution in [0.2, 0.25) is 0 Å². The second-order valence-corrected chi connectivity index (χ2v) is 6.20. The highest BCUT2D eigenvalue weighted by Gasteiger charge is 2.12. The van der Waals surface area contributed by atoms with E-state index in [1.807, 2.05) is 36.4 Å². The quantitative estimate of drug-likeness (QED) is 0.405. The van der Waals surface area contributed by atoms with Crippen molar-refractivity contribution in [1.29, 1.82) is 0 Å². The lowest BCUT2D eigenvalue weighted by Gasteiger charge is -2.12. The number of aromatic hydroxyl groups is 1. The third kappa shape index (κ3) is 3.53. The number of nitrogens with zero attached hydrogens (tertiary/aromatic N) is 3. The van der Waals surface area contributed by atoms with Crippen LogP contribution in [-0.2, 0) is 0 Å². The molecule has 0 unspecified atom stereocenters. The van der Waals surface area contributed by atoms with Crippen LogP contribution < -0.4 is 15.7 Å². The van der Waals surface area contributed by atoms with E-state index >= 15 is 0 Å². The molecule has 7 heteroatoms. The van der Waals surface area contributed by atoms with Gasteiger partial charge in [0.25, 0.3) is 5.56 Å². The molecule has 0 saturated carbocycles. The number of hydrazone groups is 1. The fraction of sp³-hybridized carbons (Fsp3) is 0.0455. The molecule has 0 saturated heterocycles. The lowest BCUT2D eigenvalue weighted by molar-refractivity contribution is 0.373. The first-order chi connectivity index (χ1) is 14.2. The second kappa shape index (κ2) is 7.85. The number of benzene rings is 3. The first-order valence-corrected chi connectivity index (χ1v) is 8.91. The van der Waals surface area contributed by atoms with Gasteiger partial charge in [0.2, 0.25) is 5.95 Å². The van der Waals surface area contributed by atoms with E-state index in [-0.39, 0.29) is 17.3 Å². The van der Waals surface area contributed by atoms with Crippen molar-refractivity contribution in [2.45, 2.75) is 0 Å².